The zero-order valence-electron chi connectivity index (χ0n) is 16.4. The molecule has 6 nitrogen and oxygen atoms in total. The van der Waals surface area contributed by atoms with Crippen LogP contribution in [0, 0.1) is 5.92 Å². The van der Waals surface area contributed by atoms with Crippen LogP contribution in [0.25, 0.3) is 0 Å². The molecule has 1 aromatic rings. The molecular formula is C19H33IN4O2. The van der Waals surface area contributed by atoms with Gasteiger partial charge in [-0.15, -0.1) is 24.0 Å². The predicted molar refractivity (Wildman–Crippen MR) is 119 cm³/mol. The van der Waals surface area contributed by atoms with Crippen molar-refractivity contribution >= 4 is 35.6 Å². The second kappa shape index (κ2) is 12.2. The summed E-state index contributed by atoms with van der Waals surface area (Å²) in [5.41, 5.74) is 0.917. The largest absolute Gasteiger partial charge is 0.493 e. The molecule has 1 unspecified atom stereocenters. The number of hydrogen-bond donors (Lipinski definition) is 2. The van der Waals surface area contributed by atoms with Crippen molar-refractivity contribution in [1.29, 1.82) is 0 Å². The maximum atomic E-state index is 5.55. The minimum Gasteiger partial charge on any atom is -0.493 e. The standard InChI is InChI=1S/C19H32N4O2.HI/c1-5-25-17-9-8-16(12-18(17)24-4)22-19(20-3)21-13-15(2)14-23-10-6-7-11-23;/h8-9,12,15H,5-7,10-11,13-14H2,1-4H3,(H2,20,21,22);1H. The first-order valence-corrected chi connectivity index (χ1v) is 9.17. The van der Waals surface area contributed by atoms with E-state index in [1.807, 2.05) is 25.1 Å². The van der Waals surface area contributed by atoms with E-state index < -0.39 is 0 Å². The van der Waals surface area contributed by atoms with Gasteiger partial charge in [-0.25, -0.2) is 0 Å². The van der Waals surface area contributed by atoms with Crippen LogP contribution in [0.2, 0.25) is 0 Å². The van der Waals surface area contributed by atoms with E-state index in [-0.39, 0.29) is 24.0 Å². The number of ether oxygens (including phenoxy) is 2. The minimum atomic E-state index is 0. The van der Waals surface area contributed by atoms with Crippen molar-refractivity contribution in [2.45, 2.75) is 26.7 Å². The molecule has 26 heavy (non-hydrogen) atoms. The molecule has 0 bridgehead atoms. The summed E-state index contributed by atoms with van der Waals surface area (Å²) >= 11 is 0. The topological polar surface area (TPSA) is 58.1 Å². The van der Waals surface area contributed by atoms with Gasteiger partial charge in [-0.05, 0) is 50.9 Å². The molecular weight excluding hydrogens is 443 g/mol. The van der Waals surface area contributed by atoms with Gasteiger partial charge in [0.1, 0.15) is 0 Å². The Morgan fingerprint density at radius 3 is 2.62 bits per heavy atom. The lowest BCUT2D eigenvalue weighted by Gasteiger charge is -2.21. The number of nitrogens with one attached hydrogen (secondary N) is 2. The Morgan fingerprint density at radius 1 is 1.27 bits per heavy atom. The fourth-order valence-corrected chi connectivity index (χ4v) is 3.08. The van der Waals surface area contributed by atoms with Crippen molar-refractivity contribution in [2.75, 3.05) is 52.3 Å². The van der Waals surface area contributed by atoms with Crippen molar-refractivity contribution in [3.8, 4) is 11.5 Å². The summed E-state index contributed by atoms with van der Waals surface area (Å²) in [6.45, 7) is 9.36. The summed E-state index contributed by atoms with van der Waals surface area (Å²) in [5.74, 6) is 2.80. The average molecular weight is 476 g/mol. The lowest BCUT2D eigenvalue weighted by molar-refractivity contribution is 0.288. The Morgan fingerprint density at radius 2 is 2.00 bits per heavy atom. The van der Waals surface area contributed by atoms with Gasteiger partial charge in [-0.2, -0.15) is 0 Å². The molecule has 1 aromatic carbocycles. The summed E-state index contributed by atoms with van der Waals surface area (Å²) in [6, 6.07) is 5.80. The number of halogens is 1. The maximum absolute atomic E-state index is 5.55. The predicted octanol–water partition coefficient (Wildman–Crippen LogP) is 3.43. The maximum Gasteiger partial charge on any atom is 0.195 e. The highest BCUT2D eigenvalue weighted by Gasteiger charge is 2.15. The molecule has 2 N–H and O–H groups in total. The Hall–Kier alpha value is -1.22. The minimum absolute atomic E-state index is 0. The Balaban J connectivity index is 0.00000338. The number of anilines is 1. The molecule has 0 radical (unpaired) electrons. The molecule has 1 heterocycles. The molecule has 0 amide bonds. The number of hydrogen-bond acceptors (Lipinski definition) is 4. The van der Waals surface area contributed by atoms with Crippen molar-refractivity contribution in [1.82, 2.24) is 10.2 Å². The van der Waals surface area contributed by atoms with E-state index in [4.69, 9.17) is 9.47 Å². The van der Waals surface area contributed by atoms with Gasteiger partial charge in [0.15, 0.2) is 17.5 Å². The lowest BCUT2D eigenvalue weighted by Crippen LogP contribution is -2.37. The quantitative estimate of drug-likeness (QED) is 0.342. The van der Waals surface area contributed by atoms with Gasteiger partial charge >= 0.3 is 0 Å². The summed E-state index contributed by atoms with van der Waals surface area (Å²) < 4.78 is 10.9. The molecule has 1 aliphatic heterocycles. The van der Waals surface area contributed by atoms with Gasteiger partial charge in [0, 0.05) is 31.9 Å². The summed E-state index contributed by atoms with van der Waals surface area (Å²) in [7, 11) is 3.43. The molecule has 1 aliphatic rings. The Labute approximate surface area is 174 Å². The third-order valence-corrected chi connectivity index (χ3v) is 4.34. The number of guanidine groups is 1. The average Bonchev–Trinajstić information content (AvgIpc) is 3.12. The molecule has 0 aromatic heterocycles. The second-order valence-corrected chi connectivity index (χ2v) is 6.49. The van der Waals surface area contributed by atoms with Gasteiger partial charge in [0.25, 0.3) is 0 Å². The van der Waals surface area contributed by atoms with E-state index in [9.17, 15) is 0 Å². The normalized spacial score (nSPS) is 15.9. The SMILES string of the molecule is CCOc1ccc(NC(=NC)NCC(C)CN2CCCC2)cc1OC.I. The molecule has 1 atom stereocenters. The second-order valence-electron chi connectivity index (χ2n) is 6.49. The molecule has 1 saturated heterocycles. The van der Waals surface area contributed by atoms with Crippen LogP contribution in [-0.2, 0) is 0 Å². The first-order valence-electron chi connectivity index (χ1n) is 9.17. The first kappa shape index (κ1) is 22.8. The van der Waals surface area contributed by atoms with Crippen molar-refractivity contribution in [3.63, 3.8) is 0 Å². The van der Waals surface area contributed by atoms with Crippen LogP contribution in [0.3, 0.4) is 0 Å². The monoisotopic (exact) mass is 476 g/mol. The van der Waals surface area contributed by atoms with Crippen LogP contribution in [0.1, 0.15) is 26.7 Å². The van der Waals surface area contributed by atoms with Crippen LogP contribution in [0.4, 0.5) is 5.69 Å². The third-order valence-electron chi connectivity index (χ3n) is 4.34. The fraction of sp³-hybridized carbons (Fsp3) is 0.632. The third kappa shape index (κ3) is 7.19. The van der Waals surface area contributed by atoms with Gasteiger partial charge in [0.2, 0.25) is 0 Å². The van der Waals surface area contributed by atoms with Crippen LogP contribution in [0.5, 0.6) is 11.5 Å². The highest BCUT2D eigenvalue weighted by atomic mass is 127. The van der Waals surface area contributed by atoms with E-state index in [0.717, 1.165) is 30.5 Å². The van der Waals surface area contributed by atoms with Crippen molar-refractivity contribution in [2.24, 2.45) is 10.9 Å². The molecule has 0 spiro atoms. The van der Waals surface area contributed by atoms with Crippen molar-refractivity contribution < 1.29 is 9.47 Å². The van der Waals surface area contributed by atoms with E-state index in [1.54, 1.807) is 14.2 Å². The number of nitrogens with zero attached hydrogens (tertiary/aromatic N) is 2. The molecule has 7 heteroatoms. The van der Waals surface area contributed by atoms with Crippen LogP contribution in [-0.4, -0.2) is 57.8 Å². The molecule has 2 rings (SSSR count). The lowest BCUT2D eigenvalue weighted by atomic mass is 10.1. The number of benzene rings is 1. The smallest absolute Gasteiger partial charge is 0.195 e. The van der Waals surface area contributed by atoms with E-state index in [2.05, 4.69) is 27.4 Å². The van der Waals surface area contributed by atoms with Crippen LogP contribution in [0.15, 0.2) is 23.2 Å². The van der Waals surface area contributed by atoms with Crippen LogP contribution < -0.4 is 20.1 Å². The molecule has 1 fully saturated rings. The van der Waals surface area contributed by atoms with Gasteiger partial charge < -0.3 is 25.0 Å². The van der Waals surface area contributed by atoms with Crippen LogP contribution >= 0.6 is 24.0 Å². The van der Waals surface area contributed by atoms with Crippen molar-refractivity contribution in [3.05, 3.63) is 18.2 Å². The van der Waals surface area contributed by atoms with E-state index in [1.165, 1.54) is 25.9 Å². The Bertz CT molecular complexity index is 562. The summed E-state index contributed by atoms with van der Waals surface area (Å²) in [6.07, 6.45) is 2.67. The van der Waals surface area contributed by atoms with E-state index >= 15 is 0 Å². The first-order chi connectivity index (χ1) is 12.2. The number of aliphatic imine (C=N–C) groups is 1. The summed E-state index contributed by atoms with van der Waals surface area (Å²) in [4.78, 5) is 6.85. The molecule has 0 aliphatic carbocycles. The molecule has 148 valence electrons. The fourth-order valence-electron chi connectivity index (χ4n) is 3.08. The van der Waals surface area contributed by atoms with Gasteiger partial charge in [-0.3, -0.25) is 4.99 Å². The number of likely N-dealkylation sites (tertiary alicyclic amines) is 1. The van der Waals surface area contributed by atoms with Gasteiger partial charge in [0.05, 0.1) is 13.7 Å². The zero-order chi connectivity index (χ0) is 18.1. The molecule has 0 saturated carbocycles. The summed E-state index contributed by atoms with van der Waals surface area (Å²) in [5, 5.41) is 6.72. The number of methoxy groups -OCH3 is 1. The zero-order valence-corrected chi connectivity index (χ0v) is 18.7. The Kier molecular flexibility index (Phi) is 10.7. The highest BCUT2D eigenvalue weighted by molar-refractivity contribution is 14.0. The van der Waals surface area contributed by atoms with Gasteiger partial charge in [-0.1, -0.05) is 6.92 Å². The highest BCUT2D eigenvalue weighted by Crippen LogP contribution is 2.30. The van der Waals surface area contributed by atoms with E-state index in [0.29, 0.717) is 18.3 Å². The number of rotatable bonds is 8.